The average Bonchev–Trinajstić information content (AvgIpc) is 3.84. The highest BCUT2D eigenvalue weighted by Crippen LogP contribution is 2.40. The Morgan fingerprint density at radius 3 is 2.56 bits per heavy atom. The van der Waals surface area contributed by atoms with E-state index in [1.54, 1.807) is 0 Å². The van der Waals surface area contributed by atoms with Gasteiger partial charge in [-0.05, 0) is 82.1 Å². The Morgan fingerprint density at radius 1 is 1.02 bits per heavy atom. The second kappa shape index (κ2) is 14.8. The second-order valence-corrected chi connectivity index (χ2v) is 13.3. The standard InChI is InChI=1S/C39H53N11/c1-9-29-22-28(16-20-33-44-38-35(47(33)8)26(6)48(11-3)27(7)49(38)12-4)15-17-30(29)14-13-21-42-39-45-36(40)34-37(46-39)50(24-43-34)32-19-18-31(23-32)25(5)41-10-2/h15-17,20,22,24,31-32,41H,5-7,9-14,18-19,21,23H2,1-4,8H3,(H3,40,42,45,46)/b20-16+. The quantitative estimate of drug-likeness (QED) is 0.122. The van der Waals surface area contributed by atoms with Crippen LogP contribution in [-0.2, 0) is 19.9 Å². The number of benzene rings is 1. The topological polar surface area (TPSA) is 118 Å². The number of rotatable bonds is 14. The molecule has 0 spiro atoms. The van der Waals surface area contributed by atoms with Gasteiger partial charge in [0.05, 0.1) is 12.0 Å². The number of nitrogen functional groups attached to an aromatic ring is 1. The van der Waals surface area contributed by atoms with E-state index in [-0.39, 0.29) is 0 Å². The molecule has 1 aromatic carbocycles. The molecule has 2 aliphatic rings. The van der Waals surface area contributed by atoms with Gasteiger partial charge in [0.15, 0.2) is 17.3 Å². The highest BCUT2D eigenvalue weighted by molar-refractivity contribution is 5.83. The van der Waals surface area contributed by atoms with Crippen LogP contribution in [0.5, 0.6) is 0 Å². The maximum Gasteiger partial charge on any atom is 0.226 e. The average molecular weight is 676 g/mol. The number of hydrogen-bond acceptors (Lipinski definition) is 9. The van der Waals surface area contributed by atoms with Crippen molar-refractivity contribution in [2.24, 2.45) is 13.0 Å². The first-order chi connectivity index (χ1) is 24.2. The van der Waals surface area contributed by atoms with Crippen LogP contribution in [0, 0.1) is 5.92 Å². The number of nitrogens with zero attached hydrogens (tertiary/aromatic N) is 8. The van der Waals surface area contributed by atoms with Gasteiger partial charge in [0.1, 0.15) is 22.9 Å². The minimum absolute atomic E-state index is 0.320. The first-order valence-electron chi connectivity index (χ1n) is 18.1. The molecule has 3 aromatic heterocycles. The molecule has 1 aliphatic heterocycles. The van der Waals surface area contributed by atoms with E-state index in [2.05, 4.69) is 124 Å². The number of aromatic nitrogens is 6. The summed E-state index contributed by atoms with van der Waals surface area (Å²) in [5.74, 6) is 4.14. The lowest BCUT2D eigenvalue weighted by Crippen LogP contribution is -2.38. The van der Waals surface area contributed by atoms with Crippen LogP contribution in [-0.4, -0.2) is 60.1 Å². The van der Waals surface area contributed by atoms with Crippen LogP contribution in [0.25, 0.3) is 29.0 Å². The molecule has 4 heterocycles. The molecular formula is C39H53N11. The number of fused-ring (bicyclic) bond motifs is 2. The minimum atomic E-state index is 0.320. The fraction of sp³-hybridized carbons (Fsp3) is 0.436. The maximum absolute atomic E-state index is 6.35. The summed E-state index contributed by atoms with van der Waals surface area (Å²) in [5, 5.41) is 6.83. The first-order valence-corrected chi connectivity index (χ1v) is 18.1. The zero-order valence-electron chi connectivity index (χ0n) is 30.5. The SMILES string of the molecule is C=C(NCC)C1CCC(n2cnc3c(N)nc(NCCCc4ccc(/C=C/c5nc6c(n5C)C(=C)N(CC)C(=C)N6CC)cc4CC)nc32)C1. The largest absolute Gasteiger partial charge is 0.389 e. The highest BCUT2D eigenvalue weighted by Gasteiger charge is 2.32. The van der Waals surface area contributed by atoms with Crippen molar-refractivity contribution in [3.63, 3.8) is 0 Å². The van der Waals surface area contributed by atoms with Gasteiger partial charge in [0, 0.05) is 50.9 Å². The monoisotopic (exact) mass is 675 g/mol. The van der Waals surface area contributed by atoms with Crippen molar-refractivity contribution >= 4 is 46.6 Å². The first kappa shape index (κ1) is 34.8. The summed E-state index contributed by atoms with van der Waals surface area (Å²) in [6, 6.07) is 7.06. The molecule has 11 heteroatoms. The van der Waals surface area contributed by atoms with Gasteiger partial charge in [0.2, 0.25) is 5.95 Å². The normalized spacial score (nSPS) is 17.7. The van der Waals surface area contributed by atoms with Gasteiger partial charge in [-0.25, -0.2) is 9.97 Å². The summed E-state index contributed by atoms with van der Waals surface area (Å²) >= 11 is 0. The molecule has 50 heavy (non-hydrogen) atoms. The van der Waals surface area contributed by atoms with Gasteiger partial charge in [0.25, 0.3) is 0 Å². The zero-order chi connectivity index (χ0) is 35.5. The molecule has 0 bridgehead atoms. The fourth-order valence-corrected chi connectivity index (χ4v) is 7.57. The predicted octanol–water partition coefficient (Wildman–Crippen LogP) is 6.99. The van der Waals surface area contributed by atoms with Gasteiger partial charge in [-0.15, -0.1) is 0 Å². The summed E-state index contributed by atoms with van der Waals surface area (Å²) in [5.41, 5.74) is 14.8. The van der Waals surface area contributed by atoms with Crippen molar-refractivity contribution in [1.29, 1.82) is 0 Å². The summed E-state index contributed by atoms with van der Waals surface area (Å²) in [6.07, 6.45) is 12.2. The number of allylic oxidation sites excluding steroid dienone is 1. The Bertz CT molecular complexity index is 1930. The molecule has 4 aromatic rings. The third kappa shape index (κ3) is 6.60. The number of imidazole rings is 2. The molecule has 0 amide bonds. The lowest BCUT2D eigenvalue weighted by atomic mass is 9.98. The van der Waals surface area contributed by atoms with Crippen LogP contribution in [0.2, 0.25) is 0 Å². The summed E-state index contributed by atoms with van der Waals surface area (Å²) in [6.45, 7) is 24.8. The van der Waals surface area contributed by atoms with Gasteiger partial charge in [-0.3, -0.25) is 0 Å². The number of hydrogen-bond donors (Lipinski definition) is 3. The number of nitrogens with one attached hydrogen (secondary N) is 2. The van der Waals surface area contributed by atoms with Gasteiger partial charge in [-0.1, -0.05) is 50.9 Å². The zero-order valence-corrected chi connectivity index (χ0v) is 30.5. The Kier molecular flexibility index (Phi) is 10.3. The van der Waals surface area contributed by atoms with E-state index in [1.807, 2.05) is 6.33 Å². The fourth-order valence-electron chi connectivity index (χ4n) is 7.57. The molecule has 4 N–H and O–H groups in total. The van der Waals surface area contributed by atoms with E-state index < -0.39 is 0 Å². The highest BCUT2D eigenvalue weighted by atomic mass is 15.4. The third-order valence-electron chi connectivity index (χ3n) is 10.3. The second-order valence-electron chi connectivity index (χ2n) is 13.3. The van der Waals surface area contributed by atoms with Crippen LogP contribution in [0.1, 0.15) is 87.6 Å². The molecule has 1 saturated carbocycles. The van der Waals surface area contributed by atoms with E-state index in [9.17, 15) is 0 Å². The smallest absolute Gasteiger partial charge is 0.226 e. The molecule has 1 fully saturated rings. The lowest BCUT2D eigenvalue weighted by Gasteiger charge is -2.39. The van der Waals surface area contributed by atoms with E-state index >= 15 is 0 Å². The maximum atomic E-state index is 6.35. The molecule has 2 atom stereocenters. The van der Waals surface area contributed by atoms with E-state index in [0.717, 1.165) is 110 Å². The molecule has 6 rings (SSSR count). The van der Waals surface area contributed by atoms with Crippen molar-refractivity contribution in [1.82, 2.24) is 39.3 Å². The Balaban J connectivity index is 1.09. The predicted molar refractivity (Wildman–Crippen MR) is 207 cm³/mol. The summed E-state index contributed by atoms with van der Waals surface area (Å²) in [7, 11) is 2.06. The summed E-state index contributed by atoms with van der Waals surface area (Å²) < 4.78 is 4.31. The van der Waals surface area contributed by atoms with Crippen molar-refractivity contribution in [3.8, 4) is 0 Å². The Labute approximate surface area is 296 Å². The third-order valence-corrected chi connectivity index (χ3v) is 10.3. The van der Waals surface area contributed by atoms with Crippen molar-refractivity contribution in [2.75, 3.05) is 42.1 Å². The number of aryl methyl sites for hydroxylation is 2. The van der Waals surface area contributed by atoms with Crippen LogP contribution >= 0.6 is 0 Å². The molecule has 0 saturated heterocycles. The van der Waals surface area contributed by atoms with Crippen molar-refractivity contribution < 1.29 is 0 Å². The van der Waals surface area contributed by atoms with E-state index in [0.29, 0.717) is 29.2 Å². The van der Waals surface area contributed by atoms with Crippen LogP contribution < -0.4 is 21.3 Å². The number of anilines is 3. The molecule has 0 radical (unpaired) electrons. The van der Waals surface area contributed by atoms with Crippen LogP contribution in [0.15, 0.2) is 55.8 Å². The lowest BCUT2D eigenvalue weighted by molar-refractivity contribution is 0.481. The molecule has 2 unspecified atom stereocenters. The number of nitrogens with two attached hydrogens (primary N) is 1. The Morgan fingerprint density at radius 2 is 1.82 bits per heavy atom. The van der Waals surface area contributed by atoms with E-state index in [1.165, 1.54) is 11.1 Å². The van der Waals surface area contributed by atoms with Crippen molar-refractivity contribution in [3.05, 3.63) is 84.0 Å². The van der Waals surface area contributed by atoms with Gasteiger partial charge >= 0.3 is 0 Å². The van der Waals surface area contributed by atoms with Crippen LogP contribution in [0.3, 0.4) is 0 Å². The Hall–Kier alpha value is -5.06. The van der Waals surface area contributed by atoms with E-state index in [4.69, 9.17) is 15.7 Å². The van der Waals surface area contributed by atoms with Gasteiger partial charge < -0.3 is 35.3 Å². The van der Waals surface area contributed by atoms with Gasteiger partial charge in [-0.2, -0.15) is 9.97 Å². The van der Waals surface area contributed by atoms with Crippen molar-refractivity contribution in [2.45, 2.75) is 72.3 Å². The summed E-state index contributed by atoms with van der Waals surface area (Å²) in [4.78, 5) is 23.3. The van der Waals surface area contributed by atoms with Crippen LogP contribution in [0.4, 0.5) is 17.6 Å². The molecule has 264 valence electrons. The molecule has 1 aliphatic carbocycles. The molecular weight excluding hydrogens is 623 g/mol. The minimum Gasteiger partial charge on any atom is -0.389 e. The molecule has 11 nitrogen and oxygen atoms in total.